The zero-order valence-corrected chi connectivity index (χ0v) is 12.7. The summed E-state index contributed by atoms with van der Waals surface area (Å²) in [4.78, 5) is 11.7. The second-order valence-corrected chi connectivity index (χ2v) is 7.29. The predicted molar refractivity (Wildman–Crippen MR) is 77.8 cm³/mol. The number of carbonyl (C=O) groups is 1. The minimum atomic E-state index is -0.850. The fraction of sp³-hybridized carbons (Fsp3) is 0.929. The average molecular weight is 273 g/mol. The molecule has 1 saturated carbocycles. The van der Waals surface area contributed by atoms with Gasteiger partial charge < -0.3 is 10.5 Å². The van der Waals surface area contributed by atoms with Crippen molar-refractivity contribution in [1.29, 1.82) is 0 Å². The van der Waals surface area contributed by atoms with Gasteiger partial charge in [0.25, 0.3) is 0 Å². The predicted octanol–water partition coefficient (Wildman–Crippen LogP) is 3.11. The van der Waals surface area contributed by atoms with Crippen LogP contribution in [0.2, 0.25) is 0 Å². The first kappa shape index (κ1) is 15.8. The molecule has 2 atom stereocenters. The number of hydrogen-bond acceptors (Lipinski definition) is 4. The first-order valence-electron chi connectivity index (χ1n) is 7.07. The second kappa shape index (κ2) is 7.39. The molecule has 0 radical (unpaired) electrons. The van der Waals surface area contributed by atoms with Crippen molar-refractivity contribution in [3.63, 3.8) is 0 Å². The zero-order valence-electron chi connectivity index (χ0n) is 11.9. The van der Waals surface area contributed by atoms with Crippen LogP contribution in [0.4, 0.5) is 0 Å². The van der Waals surface area contributed by atoms with Gasteiger partial charge in [-0.15, -0.1) is 0 Å². The number of esters is 1. The molecule has 0 bridgehead atoms. The summed E-state index contributed by atoms with van der Waals surface area (Å²) in [5.41, 5.74) is 5.21. The number of ether oxygens (including phenoxy) is 1. The molecule has 0 heterocycles. The van der Waals surface area contributed by atoms with Gasteiger partial charge in [-0.2, -0.15) is 11.8 Å². The topological polar surface area (TPSA) is 52.3 Å². The summed E-state index contributed by atoms with van der Waals surface area (Å²) in [5, 5.41) is 1.17. The Morgan fingerprint density at radius 3 is 2.61 bits per heavy atom. The zero-order chi connectivity index (χ0) is 13.6. The quantitative estimate of drug-likeness (QED) is 0.756. The van der Waals surface area contributed by atoms with Gasteiger partial charge in [0, 0.05) is 10.5 Å². The van der Waals surface area contributed by atoms with Gasteiger partial charge in [0.05, 0.1) is 6.61 Å². The van der Waals surface area contributed by atoms with Crippen LogP contribution in [0.3, 0.4) is 0 Å². The standard InChI is InChI=1S/C14H27NO2S/c1-4-17-13(16)14(3,15)10-11(2)18-12-8-6-5-7-9-12/h11-12H,4-10,15H2,1-3H3. The molecule has 0 aromatic carbocycles. The van der Waals surface area contributed by atoms with Crippen LogP contribution in [0.15, 0.2) is 0 Å². The van der Waals surface area contributed by atoms with Crippen LogP contribution in [-0.2, 0) is 9.53 Å². The van der Waals surface area contributed by atoms with E-state index in [9.17, 15) is 4.79 Å². The lowest BCUT2D eigenvalue weighted by Crippen LogP contribution is -2.48. The molecule has 1 fully saturated rings. The molecule has 0 saturated heterocycles. The Morgan fingerprint density at radius 1 is 1.44 bits per heavy atom. The molecule has 1 aliphatic carbocycles. The number of carbonyl (C=O) groups excluding carboxylic acids is 1. The summed E-state index contributed by atoms with van der Waals surface area (Å²) < 4.78 is 5.02. The number of rotatable bonds is 6. The van der Waals surface area contributed by atoms with Gasteiger partial charge in [-0.1, -0.05) is 26.2 Å². The molecule has 0 aliphatic heterocycles. The van der Waals surface area contributed by atoms with E-state index in [-0.39, 0.29) is 5.97 Å². The van der Waals surface area contributed by atoms with Crippen LogP contribution in [0, 0.1) is 0 Å². The van der Waals surface area contributed by atoms with E-state index >= 15 is 0 Å². The minimum absolute atomic E-state index is 0.277. The van der Waals surface area contributed by atoms with Crippen molar-refractivity contribution in [1.82, 2.24) is 0 Å². The lowest BCUT2D eigenvalue weighted by atomic mass is 9.98. The third-order valence-electron chi connectivity index (χ3n) is 3.43. The van der Waals surface area contributed by atoms with Crippen molar-refractivity contribution in [2.75, 3.05) is 6.61 Å². The molecule has 18 heavy (non-hydrogen) atoms. The Hall–Kier alpha value is -0.220. The molecule has 3 nitrogen and oxygen atoms in total. The van der Waals surface area contributed by atoms with E-state index in [4.69, 9.17) is 10.5 Å². The summed E-state index contributed by atoms with van der Waals surface area (Å²) in [6.07, 6.45) is 7.39. The molecule has 0 aromatic rings. The number of thioether (sulfide) groups is 1. The van der Waals surface area contributed by atoms with Crippen molar-refractivity contribution in [2.24, 2.45) is 5.73 Å². The highest BCUT2D eigenvalue weighted by molar-refractivity contribution is 8.00. The normalized spacial score (nSPS) is 22.2. The van der Waals surface area contributed by atoms with Crippen molar-refractivity contribution >= 4 is 17.7 Å². The van der Waals surface area contributed by atoms with Crippen LogP contribution < -0.4 is 5.73 Å². The maximum atomic E-state index is 11.7. The summed E-state index contributed by atoms with van der Waals surface area (Å²) in [6.45, 7) is 6.16. The van der Waals surface area contributed by atoms with Crippen LogP contribution in [0.5, 0.6) is 0 Å². The van der Waals surface area contributed by atoms with Crippen LogP contribution in [0.25, 0.3) is 0 Å². The lowest BCUT2D eigenvalue weighted by Gasteiger charge is -2.29. The fourth-order valence-electron chi connectivity index (χ4n) is 2.55. The fourth-order valence-corrected chi connectivity index (χ4v) is 4.26. The Balaban J connectivity index is 2.37. The Labute approximate surface area is 115 Å². The highest BCUT2D eigenvalue weighted by Gasteiger charge is 2.32. The lowest BCUT2D eigenvalue weighted by molar-refractivity contribution is -0.149. The van der Waals surface area contributed by atoms with Gasteiger partial charge in [0.15, 0.2) is 0 Å². The molecule has 0 amide bonds. The molecular weight excluding hydrogens is 246 g/mol. The largest absolute Gasteiger partial charge is 0.465 e. The average Bonchev–Trinajstić information content (AvgIpc) is 2.29. The molecule has 1 rings (SSSR count). The maximum Gasteiger partial charge on any atom is 0.325 e. The summed E-state index contributed by atoms with van der Waals surface area (Å²) in [5.74, 6) is -0.277. The molecule has 0 spiro atoms. The SMILES string of the molecule is CCOC(=O)C(C)(N)CC(C)SC1CCCCC1. The van der Waals surface area contributed by atoms with E-state index in [0.29, 0.717) is 18.3 Å². The minimum Gasteiger partial charge on any atom is -0.465 e. The first-order valence-corrected chi connectivity index (χ1v) is 8.01. The molecule has 0 aromatic heterocycles. The molecule has 106 valence electrons. The highest BCUT2D eigenvalue weighted by Crippen LogP contribution is 2.33. The Bertz CT molecular complexity index is 263. The molecule has 1 aliphatic rings. The van der Waals surface area contributed by atoms with Crippen LogP contribution >= 0.6 is 11.8 Å². The monoisotopic (exact) mass is 273 g/mol. The summed E-state index contributed by atoms with van der Waals surface area (Å²) in [7, 11) is 0. The van der Waals surface area contributed by atoms with Crippen molar-refractivity contribution in [2.45, 2.75) is 75.3 Å². The second-order valence-electron chi connectivity index (χ2n) is 5.55. The van der Waals surface area contributed by atoms with Crippen LogP contribution in [-0.4, -0.2) is 28.6 Å². The smallest absolute Gasteiger partial charge is 0.325 e. The van der Waals surface area contributed by atoms with E-state index in [1.54, 1.807) is 6.92 Å². The summed E-state index contributed by atoms with van der Waals surface area (Å²) in [6, 6.07) is 0. The van der Waals surface area contributed by atoms with Crippen molar-refractivity contribution in [3.05, 3.63) is 0 Å². The van der Waals surface area contributed by atoms with Gasteiger partial charge in [0.2, 0.25) is 0 Å². The van der Waals surface area contributed by atoms with Gasteiger partial charge >= 0.3 is 5.97 Å². The van der Waals surface area contributed by atoms with E-state index < -0.39 is 5.54 Å². The molecule has 2 unspecified atom stereocenters. The van der Waals surface area contributed by atoms with Gasteiger partial charge in [-0.3, -0.25) is 4.79 Å². The third kappa shape index (κ3) is 5.19. The molecule has 2 N–H and O–H groups in total. The van der Waals surface area contributed by atoms with E-state index in [0.717, 1.165) is 5.25 Å². The van der Waals surface area contributed by atoms with E-state index in [1.165, 1.54) is 32.1 Å². The van der Waals surface area contributed by atoms with Gasteiger partial charge in [-0.05, 0) is 33.1 Å². The van der Waals surface area contributed by atoms with Gasteiger partial charge in [-0.25, -0.2) is 0 Å². The van der Waals surface area contributed by atoms with Crippen LogP contribution in [0.1, 0.15) is 59.3 Å². The van der Waals surface area contributed by atoms with Gasteiger partial charge in [0.1, 0.15) is 5.54 Å². The Kier molecular flexibility index (Phi) is 6.50. The summed E-state index contributed by atoms with van der Waals surface area (Å²) >= 11 is 2.00. The maximum absolute atomic E-state index is 11.7. The molecular formula is C14H27NO2S. The molecule has 4 heteroatoms. The Morgan fingerprint density at radius 2 is 2.06 bits per heavy atom. The van der Waals surface area contributed by atoms with E-state index in [2.05, 4.69) is 6.92 Å². The van der Waals surface area contributed by atoms with Crippen molar-refractivity contribution in [3.8, 4) is 0 Å². The number of nitrogens with two attached hydrogens (primary N) is 1. The first-order chi connectivity index (χ1) is 8.45. The number of hydrogen-bond donors (Lipinski definition) is 1. The van der Waals surface area contributed by atoms with E-state index in [1.807, 2.05) is 18.7 Å². The highest BCUT2D eigenvalue weighted by atomic mass is 32.2. The third-order valence-corrected chi connectivity index (χ3v) is 4.92. The van der Waals surface area contributed by atoms with Crippen molar-refractivity contribution < 1.29 is 9.53 Å².